The molecule has 3 nitrogen and oxygen atoms in total. The fourth-order valence-corrected chi connectivity index (χ4v) is 2.63. The Kier molecular flexibility index (Phi) is 4.88. The summed E-state index contributed by atoms with van der Waals surface area (Å²) in [6.07, 6.45) is -2.33. The Labute approximate surface area is 121 Å². The number of carbonyl (C=O) groups excluding carboxylic acids is 1. The summed E-state index contributed by atoms with van der Waals surface area (Å²) < 4.78 is 37.4. The van der Waals surface area contributed by atoms with Crippen LogP contribution in [-0.4, -0.2) is 30.4 Å². The summed E-state index contributed by atoms with van der Waals surface area (Å²) in [6.45, 7) is 2.03. The highest BCUT2D eigenvalue weighted by molar-refractivity contribution is 5.79. The molecule has 1 saturated heterocycles. The van der Waals surface area contributed by atoms with Gasteiger partial charge < -0.3 is 10.6 Å². The third-order valence-corrected chi connectivity index (χ3v) is 3.85. The van der Waals surface area contributed by atoms with E-state index in [2.05, 4.69) is 0 Å². The first-order valence-corrected chi connectivity index (χ1v) is 7.04. The van der Waals surface area contributed by atoms with Crippen molar-refractivity contribution in [1.29, 1.82) is 0 Å². The molecule has 1 aromatic carbocycles. The van der Waals surface area contributed by atoms with E-state index in [0.29, 0.717) is 31.1 Å². The molecule has 1 unspecified atom stereocenters. The van der Waals surface area contributed by atoms with Gasteiger partial charge in [-0.2, -0.15) is 13.2 Å². The van der Waals surface area contributed by atoms with Crippen LogP contribution in [0.1, 0.15) is 24.0 Å². The van der Waals surface area contributed by atoms with E-state index < -0.39 is 11.7 Å². The number of rotatable bonds is 4. The van der Waals surface area contributed by atoms with Crippen molar-refractivity contribution < 1.29 is 18.0 Å². The predicted octanol–water partition coefficient (Wildman–Crippen LogP) is 2.45. The summed E-state index contributed by atoms with van der Waals surface area (Å²) in [5.74, 6) is 0.417. The van der Waals surface area contributed by atoms with E-state index in [9.17, 15) is 18.0 Å². The first-order valence-electron chi connectivity index (χ1n) is 7.04. The third-order valence-electron chi connectivity index (χ3n) is 3.85. The Morgan fingerprint density at radius 1 is 1.29 bits per heavy atom. The zero-order valence-electron chi connectivity index (χ0n) is 11.7. The van der Waals surface area contributed by atoms with Crippen LogP contribution in [0.3, 0.4) is 0 Å². The van der Waals surface area contributed by atoms with Crippen LogP contribution in [0.15, 0.2) is 24.3 Å². The fourth-order valence-electron chi connectivity index (χ4n) is 2.63. The average molecular weight is 300 g/mol. The van der Waals surface area contributed by atoms with Crippen LogP contribution < -0.4 is 5.73 Å². The van der Waals surface area contributed by atoms with E-state index in [-0.39, 0.29) is 12.3 Å². The number of amides is 1. The van der Waals surface area contributed by atoms with E-state index in [4.69, 9.17) is 5.73 Å². The second kappa shape index (κ2) is 6.47. The molecule has 1 aromatic rings. The highest BCUT2D eigenvalue weighted by atomic mass is 19.4. The van der Waals surface area contributed by atoms with Gasteiger partial charge in [0.05, 0.1) is 12.0 Å². The molecule has 21 heavy (non-hydrogen) atoms. The summed E-state index contributed by atoms with van der Waals surface area (Å²) >= 11 is 0. The lowest BCUT2D eigenvalue weighted by molar-refractivity contribution is -0.137. The molecule has 0 aromatic heterocycles. The molecule has 0 aliphatic carbocycles. The largest absolute Gasteiger partial charge is 0.416 e. The number of hydrogen-bond donors (Lipinski definition) is 1. The summed E-state index contributed by atoms with van der Waals surface area (Å²) in [6, 6.07) is 4.77. The van der Waals surface area contributed by atoms with Crippen LogP contribution >= 0.6 is 0 Å². The topological polar surface area (TPSA) is 46.3 Å². The van der Waals surface area contributed by atoms with Crippen LogP contribution in [0, 0.1) is 5.92 Å². The SMILES string of the molecule is NCCC1CCN(C(=O)Cc2ccc(C(F)(F)F)cc2)C1. The molecule has 1 heterocycles. The number of benzene rings is 1. The lowest BCUT2D eigenvalue weighted by atomic mass is 10.1. The summed E-state index contributed by atoms with van der Waals surface area (Å²) in [5, 5.41) is 0. The number of hydrogen-bond acceptors (Lipinski definition) is 2. The van der Waals surface area contributed by atoms with Gasteiger partial charge in [-0.3, -0.25) is 4.79 Å². The molecule has 2 rings (SSSR count). The number of halogens is 3. The van der Waals surface area contributed by atoms with Crippen molar-refractivity contribution in [3.05, 3.63) is 35.4 Å². The molecule has 2 N–H and O–H groups in total. The maximum atomic E-state index is 12.5. The van der Waals surface area contributed by atoms with E-state index in [0.717, 1.165) is 25.0 Å². The maximum Gasteiger partial charge on any atom is 0.416 e. The predicted molar refractivity (Wildman–Crippen MR) is 73.5 cm³/mol. The van der Waals surface area contributed by atoms with Gasteiger partial charge in [-0.1, -0.05) is 12.1 Å². The van der Waals surface area contributed by atoms with Crippen molar-refractivity contribution in [2.75, 3.05) is 19.6 Å². The maximum absolute atomic E-state index is 12.5. The molecule has 0 bridgehead atoms. The van der Waals surface area contributed by atoms with Crippen LogP contribution in [0.25, 0.3) is 0 Å². The van der Waals surface area contributed by atoms with Gasteiger partial charge in [-0.15, -0.1) is 0 Å². The van der Waals surface area contributed by atoms with E-state index in [1.807, 2.05) is 0 Å². The molecule has 0 spiro atoms. The molecular weight excluding hydrogens is 281 g/mol. The number of likely N-dealkylation sites (tertiary alicyclic amines) is 1. The zero-order valence-corrected chi connectivity index (χ0v) is 11.7. The fraction of sp³-hybridized carbons (Fsp3) is 0.533. The molecular formula is C15H19F3N2O. The van der Waals surface area contributed by atoms with Crippen molar-refractivity contribution in [1.82, 2.24) is 4.90 Å². The van der Waals surface area contributed by atoms with Gasteiger partial charge in [-0.25, -0.2) is 0 Å². The first kappa shape index (κ1) is 15.8. The molecule has 1 fully saturated rings. The number of alkyl halides is 3. The van der Waals surface area contributed by atoms with E-state index in [1.54, 1.807) is 4.90 Å². The molecule has 1 aliphatic rings. The zero-order chi connectivity index (χ0) is 15.5. The van der Waals surface area contributed by atoms with Crippen molar-refractivity contribution in [3.8, 4) is 0 Å². The lowest BCUT2D eigenvalue weighted by Gasteiger charge is -2.16. The van der Waals surface area contributed by atoms with Gasteiger partial charge in [0.2, 0.25) is 5.91 Å². The Morgan fingerprint density at radius 2 is 1.95 bits per heavy atom. The Morgan fingerprint density at radius 3 is 2.52 bits per heavy atom. The van der Waals surface area contributed by atoms with Gasteiger partial charge >= 0.3 is 6.18 Å². The van der Waals surface area contributed by atoms with Crippen LogP contribution in [0.2, 0.25) is 0 Å². The summed E-state index contributed by atoms with van der Waals surface area (Å²) in [4.78, 5) is 13.9. The highest BCUT2D eigenvalue weighted by Gasteiger charge is 2.30. The minimum Gasteiger partial charge on any atom is -0.342 e. The standard InChI is InChI=1S/C15H19F3N2O/c16-15(17,18)13-3-1-11(2-4-13)9-14(21)20-8-6-12(10-20)5-7-19/h1-4,12H,5-10,19H2. The van der Waals surface area contributed by atoms with Gasteiger partial charge in [-0.05, 0) is 43.0 Å². The van der Waals surface area contributed by atoms with Crippen LogP contribution in [0.4, 0.5) is 13.2 Å². The van der Waals surface area contributed by atoms with Crippen molar-refractivity contribution in [2.24, 2.45) is 11.7 Å². The Bertz CT molecular complexity index is 485. The van der Waals surface area contributed by atoms with Crippen molar-refractivity contribution in [3.63, 3.8) is 0 Å². The lowest BCUT2D eigenvalue weighted by Crippen LogP contribution is -2.30. The molecule has 1 aliphatic heterocycles. The van der Waals surface area contributed by atoms with E-state index >= 15 is 0 Å². The van der Waals surface area contributed by atoms with Crippen LogP contribution in [-0.2, 0) is 17.4 Å². The molecule has 0 saturated carbocycles. The summed E-state index contributed by atoms with van der Waals surface area (Å²) in [5.41, 5.74) is 5.42. The smallest absolute Gasteiger partial charge is 0.342 e. The van der Waals surface area contributed by atoms with Gasteiger partial charge in [0.15, 0.2) is 0 Å². The minimum atomic E-state index is -4.34. The van der Waals surface area contributed by atoms with Crippen LogP contribution in [0.5, 0.6) is 0 Å². The normalized spacial score (nSPS) is 19.0. The van der Waals surface area contributed by atoms with Gasteiger partial charge in [0, 0.05) is 13.1 Å². The molecule has 1 amide bonds. The van der Waals surface area contributed by atoms with Gasteiger partial charge in [0.1, 0.15) is 0 Å². The molecule has 116 valence electrons. The second-order valence-electron chi connectivity index (χ2n) is 5.44. The number of carbonyl (C=O) groups is 1. The second-order valence-corrected chi connectivity index (χ2v) is 5.44. The average Bonchev–Trinajstić information content (AvgIpc) is 2.87. The monoisotopic (exact) mass is 300 g/mol. The van der Waals surface area contributed by atoms with Gasteiger partial charge in [0.25, 0.3) is 0 Å². The minimum absolute atomic E-state index is 0.0331. The molecule has 0 radical (unpaired) electrons. The van der Waals surface area contributed by atoms with E-state index in [1.165, 1.54) is 12.1 Å². The molecule has 6 heteroatoms. The molecule has 1 atom stereocenters. The van der Waals surface area contributed by atoms with Crippen molar-refractivity contribution >= 4 is 5.91 Å². The Balaban J connectivity index is 1.91. The first-order chi connectivity index (χ1) is 9.90. The third kappa shape index (κ3) is 4.20. The quantitative estimate of drug-likeness (QED) is 0.928. The number of nitrogens with zero attached hydrogens (tertiary/aromatic N) is 1. The highest BCUT2D eigenvalue weighted by Crippen LogP contribution is 2.29. The number of nitrogens with two attached hydrogens (primary N) is 1. The summed E-state index contributed by atoms with van der Waals surface area (Å²) in [7, 11) is 0. The Hall–Kier alpha value is -1.56. The van der Waals surface area contributed by atoms with Crippen molar-refractivity contribution in [2.45, 2.75) is 25.4 Å².